The zero-order valence-corrected chi connectivity index (χ0v) is 12.8. The Kier molecular flexibility index (Phi) is 3.40. The summed E-state index contributed by atoms with van der Waals surface area (Å²) in [6, 6.07) is 6.02. The third-order valence-electron chi connectivity index (χ3n) is 3.49. The Morgan fingerprint density at radius 2 is 2.05 bits per heavy atom. The van der Waals surface area contributed by atoms with Crippen LogP contribution in [0.5, 0.6) is 5.75 Å². The molecule has 2 N–H and O–H groups in total. The molecule has 1 atom stereocenters. The largest absolute Gasteiger partial charge is 0.488 e. The molecule has 1 aliphatic heterocycles. The summed E-state index contributed by atoms with van der Waals surface area (Å²) in [6.45, 7) is 6.10. The van der Waals surface area contributed by atoms with E-state index in [1.54, 1.807) is 0 Å². The van der Waals surface area contributed by atoms with E-state index in [0.717, 1.165) is 29.0 Å². The van der Waals surface area contributed by atoms with E-state index in [2.05, 4.69) is 10.6 Å². The molecule has 4 heteroatoms. The number of hydrogen-bond acceptors (Lipinski definition) is 3. The molecule has 2 aliphatic rings. The first-order valence-corrected chi connectivity index (χ1v) is 7.48. The number of amides is 1. The molecule has 3 rings (SSSR count). The molecular formula is C17H22N2O2. The van der Waals surface area contributed by atoms with E-state index in [1.807, 2.05) is 51.2 Å². The smallest absolute Gasteiger partial charge is 0.224 e. The second-order valence-electron chi connectivity index (χ2n) is 6.74. The first-order valence-electron chi connectivity index (χ1n) is 7.48. The Morgan fingerprint density at radius 1 is 1.29 bits per heavy atom. The molecule has 1 aromatic carbocycles. The van der Waals surface area contributed by atoms with Crippen LogP contribution in [0.3, 0.4) is 0 Å². The van der Waals surface area contributed by atoms with Crippen molar-refractivity contribution >= 4 is 18.2 Å². The van der Waals surface area contributed by atoms with Gasteiger partial charge in [-0.15, -0.1) is 0 Å². The molecule has 21 heavy (non-hydrogen) atoms. The summed E-state index contributed by atoms with van der Waals surface area (Å²) < 4.78 is 5.87. The standard InChI is InChI=1S/C17H22N2O2/c1-17(2,3)21-14-7-6-12-9-15(18-10-13(12)8-14)19-16(20)11-4-5-11/h6-11,15,18H,4-5H2,1-3H3,(H,19,20). The molecule has 1 amide bonds. The average Bonchev–Trinajstić information content (AvgIpc) is 3.21. The van der Waals surface area contributed by atoms with Gasteiger partial charge in [0.15, 0.2) is 0 Å². The minimum absolute atomic E-state index is 0.125. The topological polar surface area (TPSA) is 50.4 Å². The number of rotatable bonds is 3. The summed E-state index contributed by atoms with van der Waals surface area (Å²) in [5.41, 5.74) is -0.208. The molecule has 0 spiro atoms. The van der Waals surface area contributed by atoms with Crippen molar-refractivity contribution in [1.82, 2.24) is 10.6 Å². The molecule has 1 unspecified atom stereocenters. The maximum Gasteiger partial charge on any atom is 0.224 e. The highest BCUT2D eigenvalue weighted by molar-refractivity contribution is 5.82. The summed E-state index contributed by atoms with van der Waals surface area (Å²) in [5.74, 6) is 1.23. The maximum absolute atomic E-state index is 11.8. The van der Waals surface area contributed by atoms with Crippen molar-refractivity contribution in [1.29, 1.82) is 0 Å². The van der Waals surface area contributed by atoms with Gasteiger partial charge in [0, 0.05) is 17.3 Å². The van der Waals surface area contributed by atoms with E-state index in [-0.39, 0.29) is 23.6 Å². The minimum Gasteiger partial charge on any atom is -0.488 e. The van der Waals surface area contributed by atoms with Crippen LogP contribution in [0.15, 0.2) is 18.2 Å². The van der Waals surface area contributed by atoms with Crippen molar-refractivity contribution in [3.05, 3.63) is 28.6 Å². The molecule has 1 fully saturated rings. The van der Waals surface area contributed by atoms with Crippen LogP contribution in [0, 0.1) is 5.92 Å². The Bertz CT molecular complexity index is 669. The Hall–Kier alpha value is -1.97. The Morgan fingerprint density at radius 3 is 2.71 bits per heavy atom. The second kappa shape index (κ2) is 5.10. The van der Waals surface area contributed by atoms with Crippen LogP contribution < -0.4 is 25.8 Å². The van der Waals surface area contributed by atoms with Gasteiger partial charge in [0.05, 0.1) is 0 Å². The van der Waals surface area contributed by atoms with Crippen LogP contribution in [0.25, 0.3) is 12.3 Å². The van der Waals surface area contributed by atoms with E-state index in [0.29, 0.717) is 0 Å². The molecule has 1 aliphatic carbocycles. The van der Waals surface area contributed by atoms with Crippen LogP contribution in [0.4, 0.5) is 0 Å². The van der Waals surface area contributed by atoms with Gasteiger partial charge in [-0.3, -0.25) is 4.79 Å². The van der Waals surface area contributed by atoms with Gasteiger partial charge in [0.1, 0.15) is 17.5 Å². The number of ether oxygens (including phenoxy) is 1. The number of fused-ring (bicyclic) bond motifs is 1. The number of carbonyl (C=O) groups excluding carboxylic acids is 1. The molecule has 4 nitrogen and oxygen atoms in total. The van der Waals surface area contributed by atoms with Crippen molar-refractivity contribution in [3.63, 3.8) is 0 Å². The minimum atomic E-state index is -0.208. The lowest BCUT2D eigenvalue weighted by Crippen LogP contribution is -2.48. The van der Waals surface area contributed by atoms with Gasteiger partial charge in [-0.25, -0.2) is 0 Å². The average molecular weight is 286 g/mol. The summed E-state index contributed by atoms with van der Waals surface area (Å²) in [5, 5.41) is 8.40. The SMILES string of the molecule is CC(C)(C)Oc1ccc2c(c1)=CNC(NC(=O)C1CC1)C=2. The molecule has 1 aromatic rings. The van der Waals surface area contributed by atoms with E-state index >= 15 is 0 Å². The molecule has 0 aromatic heterocycles. The molecule has 0 bridgehead atoms. The highest BCUT2D eigenvalue weighted by Gasteiger charge is 2.30. The lowest BCUT2D eigenvalue weighted by Gasteiger charge is -2.22. The Balaban J connectivity index is 1.77. The molecule has 112 valence electrons. The molecule has 0 radical (unpaired) electrons. The summed E-state index contributed by atoms with van der Waals surface area (Å²) in [4.78, 5) is 11.8. The van der Waals surface area contributed by atoms with Gasteiger partial charge in [0.25, 0.3) is 0 Å². The molecular weight excluding hydrogens is 264 g/mol. The first-order chi connectivity index (χ1) is 9.90. The van der Waals surface area contributed by atoms with Crippen LogP contribution >= 0.6 is 0 Å². The van der Waals surface area contributed by atoms with Gasteiger partial charge in [-0.2, -0.15) is 0 Å². The predicted octanol–water partition coefficient (Wildman–Crippen LogP) is 0.838. The van der Waals surface area contributed by atoms with E-state index < -0.39 is 0 Å². The zero-order valence-electron chi connectivity index (χ0n) is 12.8. The second-order valence-corrected chi connectivity index (χ2v) is 6.74. The molecule has 1 heterocycles. The van der Waals surface area contributed by atoms with Crippen LogP contribution in [0.1, 0.15) is 33.6 Å². The highest BCUT2D eigenvalue weighted by atomic mass is 16.5. The van der Waals surface area contributed by atoms with Gasteiger partial charge in [-0.1, -0.05) is 6.07 Å². The van der Waals surface area contributed by atoms with E-state index in [4.69, 9.17) is 4.74 Å². The lowest BCUT2D eigenvalue weighted by atomic mass is 10.1. The van der Waals surface area contributed by atoms with Crippen LogP contribution in [-0.2, 0) is 4.79 Å². The number of benzene rings is 1. The summed E-state index contributed by atoms with van der Waals surface area (Å²) >= 11 is 0. The number of nitrogens with one attached hydrogen (secondary N) is 2. The van der Waals surface area contributed by atoms with Crippen molar-refractivity contribution in [2.45, 2.75) is 45.4 Å². The fourth-order valence-electron chi connectivity index (χ4n) is 2.35. The zero-order chi connectivity index (χ0) is 15.0. The number of hydrogen-bond donors (Lipinski definition) is 2. The van der Waals surface area contributed by atoms with Crippen molar-refractivity contribution in [3.8, 4) is 5.75 Å². The summed E-state index contributed by atoms with van der Waals surface area (Å²) in [6.07, 6.45) is 5.89. The van der Waals surface area contributed by atoms with E-state index in [9.17, 15) is 4.79 Å². The van der Waals surface area contributed by atoms with Crippen LogP contribution in [0.2, 0.25) is 0 Å². The fraction of sp³-hybridized carbons (Fsp3) is 0.471. The van der Waals surface area contributed by atoms with Crippen LogP contribution in [-0.4, -0.2) is 17.7 Å². The molecule has 0 saturated heterocycles. The normalized spacial score (nSPS) is 20.4. The quantitative estimate of drug-likeness (QED) is 0.865. The molecule has 1 saturated carbocycles. The van der Waals surface area contributed by atoms with Gasteiger partial charge in [0.2, 0.25) is 5.91 Å². The van der Waals surface area contributed by atoms with Crippen molar-refractivity contribution in [2.75, 3.05) is 0 Å². The van der Waals surface area contributed by atoms with Gasteiger partial charge >= 0.3 is 0 Å². The van der Waals surface area contributed by atoms with Crippen molar-refractivity contribution in [2.24, 2.45) is 5.92 Å². The van der Waals surface area contributed by atoms with Gasteiger partial charge in [-0.05, 0) is 57.0 Å². The van der Waals surface area contributed by atoms with Gasteiger partial charge < -0.3 is 15.4 Å². The third-order valence-corrected chi connectivity index (χ3v) is 3.49. The van der Waals surface area contributed by atoms with Crippen molar-refractivity contribution < 1.29 is 9.53 Å². The first kappa shape index (κ1) is 14.0. The monoisotopic (exact) mass is 286 g/mol. The Labute approximate surface area is 124 Å². The predicted molar refractivity (Wildman–Crippen MR) is 82.8 cm³/mol. The summed E-state index contributed by atoms with van der Waals surface area (Å²) in [7, 11) is 0. The maximum atomic E-state index is 11.8. The van der Waals surface area contributed by atoms with E-state index in [1.165, 1.54) is 0 Å². The highest BCUT2D eigenvalue weighted by Crippen LogP contribution is 2.28. The third kappa shape index (κ3) is 3.57. The fourth-order valence-corrected chi connectivity index (χ4v) is 2.35. The lowest BCUT2D eigenvalue weighted by molar-refractivity contribution is -0.122. The number of carbonyl (C=O) groups is 1.